The summed E-state index contributed by atoms with van der Waals surface area (Å²) in [7, 11) is 1.87. The van der Waals surface area contributed by atoms with E-state index in [0.29, 0.717) is 17.0 Å². The molecule has 1 N–H and O–H groups in total. The smallest absolute Gasteiger partial charge is 0.282 e. The van der Waals surface area contributed by atoms with Crippen LogP contribution in [0, 0.1) is 13.8 Å². The third-order valence-corrected chi connectivity index (χ3v) is 3.92. The maximum atomic E-state index is 5.39. The Kier molecular flexibility index (Phi) is 3.14. The van der Waals surface area contributed by atoms with E-state index in [4.69, 9.17) is 4.42 Å². The Balaban J connectivity index is 1.96. The fourth-order valence-electron chi connectivity index (χ4n) is 1.78. The fraction of sp³-hybridized carbons (Fsp3) is 0.500. The van der Waals surface area contributed by atoms with Crippen molar-refractivity contribution in [2.24, 2.45) is 0 Å². The maximum Gasteiger partial charge on any atom is 0.282 e. The molecule has 2 aromatic rings. The molecule has 0 amide bonds. The van der Waals surface area contributed by atoms with Gasteiger partial charge in [-0.05, 0) is 31.5 Å². The molecule has 7 heteroatoms. The first kappa shape index (κ1) is 12.4. The molecule has 6 nitrogen and oxygen atoms in total. The summed E-state index contributed by atoms with van der Waals surface area (Å²) in [5.41, 5.74) is 1.01. The van der Waals surface area contributed by atoms with Crippen molar-refractivity contribution in [2.45, 2.75) is 42.9 Å². The normalized spacial score (nSPS) is 14.7. The van der Waals surface area contributed by atoms with Crippen LogP contribution in [-0.2, 0) is 0 Å². The highest BCUT2D eigenvalue weighted by atomic mass is 32.2. The highest BCUT2D eigenvalue weighted by Gasteiger charge is 2.28. The lowest BCUT2D eigenvalue weighted by molar-refractivity contribution is 0.429. The Morgan fingerprint density at radius 1 is 1.21 bits per heavy atom. The molecule has 0 unspecified atom stereocenters. The number of anilines is 1. The Morgan fingerprint density at radius 3 is 2.58 bits per heavy atom. The molecule has 0 aliphatic heterocycles. The first-order chi connectivity index (χ1) is 9.17. The molecule has 0 atom stereocenters. The average molecular weight is 277 g/mol. The van der Waals surface area contributed by atoms with Gasteiger partial charge in [0.25, 0.3) is 5.22 Å². The lowest BCUT2D eigenvalue weighted by Crippen LogP contribution is -2.04. The molecule has 1 saturated carbocycles. The Labute approximate surface area is 115 Å². The van der Waals surface area contributed by atoms with Crippen LogP contribution in [0.3, 0.4) is 0 Å². The number of hydrogen-bond donors (Lipinski definition) is 1. The Hall–Kier alpha value is -1.63. The minimum absolute atomic E-state index is 0.511. The number of rotatable bonds is 4. The van der Waals surface area contributed by atoms with Crippen molar-refractivity contribution in [1.29, 1.82) is 0 Å². The van der Waals surface area contributed by atoms with E-state index in [0.717, 1.165) is 22.2 Å². The van der Waals surface area contributed by atoms with Gasteiger partial charge in [0.1, 0.15) is 16.7 Å². The van der Waals surface area contributed by atoms with Gasteiger partial charge in [-0.25, -0.2) is 9.97 Å². The van der Waals surface area contributed by atoms with Crippen molar-refractivity contribution in [3.05, 3.63) is 17.3 Å². The summed E-state index contributed by atoms with van der Waals surface area (Å²) in [5, 5.41) is 12.3. The summed E-state index contributed by atoms with van der Waals surface area (Å²) in [4.78, 5) is 9.19. The molecule has 19 heavy (non-hydrogen) atoms. The molecule has 2 heterocycles. The number of hydrogen-bond acceptors (Lipinski definition) is 7. The van der Waals surface area contributed by atoms with Gasteiger partial charge in [-0.1, -0.05) is 0 Å². The van der Waals surface area contributed by atoms with Crippen molar-refractivity contribution in [1.82, 2.24) is 20.2 Å². The minimum atomic E-state index is 0.511. The van der Waals surface area contributed by atoms with Crippen LogP contribution in [0.2, 0.25) is 0 Å². The van der Waals surface area contributed by atoms with Crippen LogP contribution in [0.5, 0.6) is 0 Å². The summed E-state index contributed by atoms with van der Waals surface area (Å²) in [6.45, 7) is 3.77. The second kappa shape index (κ2) is 4.80. The molecule has 0 saturated heterocycles. The zero-order valence-electron chi connectivity index (χ0n) is 11.1. The molecule has 2 aromatic heterocycles. The summed E-state index contributed by atoms with van der Waals surface area (Å²) >= 11 is 1.39. The van der Waals surface area contributed by atoms with Crippen molar-refractivity contribution in [3.63, 3.8) is 0 Å². The minimum Gasteiger partial charge on any atom is -0.416 e. The number of aromatic nitrogens is 4. The fourth-order valence-corrected chi connectivity index (χ4v) is 2.58. The van der Waals surface area contributed by atoms with Crippen LogP contribution >= 0.6 is 11.8 Å². The van der Waals surface area contributed by atoms with Gasteiger partial charge in [0, 0.05) is 25.5 Å². The zero-order chi connectivity index (χ0) is 13.4. The molecule has 3 rings (SSSR count). The van der Waals surface area contributed by atoms with Crippen LogP contribution in [0.1, 0.15) is 36.0 Å². The van der Waals surface area contributed by atoms with Gasteiger partial charge in [-0.2, -0.15) is 0 Å². The Bertz CT molecular complexity index is 608. The largest absolute Gasteiger partial charge is 0.416 e. The lowest BCUT2D eigenvalue weighted by atomic mass is 10.3. The topological polar surface area (TPSA) is 76.7 Å². The SMILES string of the molecule is CNc1nc(C2CC2)nc(Sc2nnc(C)o2)c1C. The van der Waals surface area contributed by atoms with Crippen LogP contribution < -0.4 is 5.32 Å². The molecule has 100 valence electrons. The van der Waals surface area contributed by atoms with Gasteiger partial charge in [-0.3, -0.25) is 0 Å². The summed E-state index contributed by atoms with van der Waals surface area (Å²) in [5.74, 6) is 2.85. The van der Waals surface area contributed by atoms with Crippen LogP contribution in [0.15, 0.2) is 14.7 Å². The molecule has 1 aliphatic rings. The van der Waals surface area contributed by atoms with Gasteiger partial charge < -0.3 is 9.73 Å². The quantitative estimate of drug-likeness (QED) is 0.860. The summed E-state index contributed by atoms with van der Waals surface area (Å²) < 4.78 is 5.39. The first-order valence-electron chi connectivity index (χ1n) is 6.21. The van der Waals surface area contributed by atoms with Crippen molar-refractivity contribution >= 4 is 17.6 Å². The van der Waals surface area contributed by atoms with Crippen LogP contribution in [0.4, 0.5) is 5.82 Å². The maximum absolute atomic E-state index is 5.39. The number of nitrogens with one attached hydrogen (secondary N) is 1. The molecule has 0 aromatic carbocycles. The summed E-state index contributed by atoms with van der Waals surface area (Å²) in [6.07, 6.45) is 2.35. The van der Waals surface area contributed by atoms with E-state index >= 15 is 0 Å². The van der Waals surface area contributed by atoms with E-state index in [1.807, 2.05) is 14.0 Å². The molecule has 0 bridgehead atoms. The van der Waals surface area contributed by atoms with Crippen molar-refractivity contribution in [3.8, 4) is 0 Å². The summed E-state index contributed by atoms with van der Waals surface area (Å²) in [6, 6.07) is 0. The van der Waals surface area contributed by atoms with E-state index in [1.165, 1.54) is 24.6 Å². The molecule has 1 aliphatic carbocycles. The van der Waals surface area contributed by atoms with Gasteiger partial charge in [0.2, 0.25) is 5.89 Å². The molecular formula is C12H15N5OS. The van der Waals surface area contributed by atoms with E-state index < -0.39 is 0 Å². The molecular weight excluding hydrogens is 262 g/mol. The van der Waals surface area contributed by atoms with Crippen molar-refractivity contribution in [2.75, 3.05) is 12.4 Å². The van der Waals surface area contributed by atoms with E-state index in [2.05, 4.69) is 25.5 Å². The molecule has 0 spiro atoms. The van der Waals surface area contributed by atoms with E-state index in [-0.39, 0.29) is 0 Å². The standard InChI is InChI=1S/C12H15N5OS/c1-6-9(13-3)14-10(8-4-5-8)15-11(6)19-12-17-16-7(2)18-12/h8H,4-5H2,1-3H3,(H,13,14,15). The monoisotopic (exact) mass is 277 g/mol. The number of aryl methyl sites for hydroxylation is 1. The Morgan fingerprint density at radius 2 is 2.00 bits per heavy atom. The van der Waals surface area contributed by atoms with Gasteiger partial charge in [-0.15, -0.1) is 10.2 Å². The molecule has 1 fully saturated rings. The third-order valence-electron chi connectivity index (χ3n) is 2.99. The van der Waals surface area contributed by atoms with E-state index in [9.17, 15) is 0 Å². The van der Waals surface area contributed by atoms with Gasteiger partial charge >= 0.3 is 0 Å². The first-order valence-corrected chi connectivity index (χ1v) is 7.03. The average Bonchev–Trinajstić information content (AvgIpc) is 3.16. The predicted molar refractivity (Wildman–Crippen MR) is 71.4 cm³/mol. The second-order valence-corrected chi connectivity index (χ2v) is 5.51. The highest BCUT2D eigenvalue weighted by molar-refractivity contribution is 7.99. The predicted octanol–water partition coefficient (Wildman–Crippen LogP) is 2.55. The number of nitrogens with zero attached hydrogens (tertiary/aromatic N) is 4. The second-order valence-electron chi connectivity index (χ2n) is 4.57. The highest BCUT2D eigenvalue weighted by Crippen LogP contribution is 2.40. The van der Waals surface area contributed by atoms with Crippen LogP contribution in [-0.4, -0.2) is 27.2 Å². The molecule has 0 radical (unpaired) electrons. The van der Waals surface area contributed by atoms with Gasteiger partial charge in [0.05, 0.1) is 0 Å². The van der Waals surface area contributed by atoms with E-state index in [1.54, 1.807) is 6.92 Å². The zero-order valence-corrected chi connectivity index (χ0v) is 11.9. The lowest BCUT2D eigenvalue weighted by Gasteiger charge is -2.10. The van der Waals surface area contributed by atoms with Crippen molar-refractivity contribution < 1.29 is 4.42 Å². The third kappa shape index (κ3) is 2.56. The van der Waals surface area contributed by atoms with Crippen LogP contribution in [0.25, 0.3) is 0 Å². The van der Waals surface area contributed by atoms with Gasteiger partial charge in [0.15, 0.2) is 0 Å².